The highest BCUT2D eigenvalue weighted by Gasteiger charge is 2.46. The van der Waals surface area contributed by atoms with Crippen LogP contribution in [0.5, 0.6) is 5.75 Å². The van der Waals surface area contributed by atoms with Gasteiger partial charge in [-0.15, -0.1) is 0 Å². The van der Waals surface area contributed by atoms with Gasteiger partial charge in [0.05, 0.1) is 5.69 Å². The summed E-state index contributed by atoms with van der Waals surface area (Å²) in [6, 6.07) is 14.5. The van der Waals surface area contributed by atoms with Crippen LogP contribution < -0.4 is 9.64 Å². The first kappa shape index (κ1) is 17.8. The predicted octanol–water partition coefficient (Wildman–Crippen LogP) is 2.69. The standard InChI is InChI=1S/C18H15ClN2O5/c1-20-16(23)17(21(18(20)24)13-7-5-6-12(19)10-13)26-15(22)11-25-14-8-3-2-4-9-14/h2-10,17H,11H2,1H3/t17-/m1/s1. The average Bonchev–Trinajstić information content (AvgIpc) is 2.85. The zero-order valence-corrected chi connectivity index (χ0v) is 14.6. The largest absolute Gasteiger partial charge is 0.482 e. The summed E-state index contributed by atoms with van der Waals surface area (Å²) >= 11 is 5.95. The maximum Gasteiger partial charge on any atom is 0.346 e. The van der Waals surface area contributed by atoms with Crippen molar-refractivity contribution in [1.82, 2.24) is 4.90 Å². The Morgan fingerprint density at radius 3 is 2.54 bits per heavy atom. The van der Waals surface area contributed by atoms with E-state index in [1.807, 2.05) is 6.07 Å². The molecule has 26 heavy (non-hydrogen) atoms. The Labute approximate surface area is 154 Å². The quantitative estimate of drug-likeness (QED) is 0.594. The molecule has 0 N–H and O–H groups in total. The van der Waals surface area contributed by atoms with E-state index in [1.54, 1.807) is 42.5 Å². The Bertz CT molecular complexity index is 842. The van der Waals surface area contributed by atoms with E-state index in [0.29, 0.717) is 16.5 Å². The van der Waals surface area contributed by atoms with Gasteiger partial charge < -0.3 is 9.47 Å². The van der Waals surface area contributed by atoms with Crippen molar-refractivity contribution in [2.24, 2.45) is 0 Å². The minimum Gasteiger partial charge on any atom is -0.482 e. The van der Waals surface area contributed by atoms with Crippen molar-refractivity contribution in [1.29, 1.82) is 0 Å². The molecular formula is C18H15ClN2O5. The molecule has 0 unspecified atom stereocenters. The van der Waals surface area contributed by atoms with Crippen molar-refractivity contribution in [3.05, 3.63) is 59.6 Å². The number of carbonyl (C=O) groups is 3. The zero-order valence-electron chi connectivity index (χ0n) is 13.8. The fraction of sp³-hybridized carbons (Fsp3) is 0.167. The summed E-state index contributed by atoms with van der Waals surface area (Å²) in [6.45, 7) is -0.394. The molecular weight excluding hydrogens is 360 g/mol. The SMILES string of the molecule is CN1C(=O)[C@@H](OC(=O)COc2ccccc2)N(c2cccc(Cl)c2)C1=O. The Hall–Kier alpha value is -3.06. The van der Waals surface area contributed by atoms with Crippen molar-refractivity contribution in [2.45, 2.75) is 6.23 Å². The number of amides is 3. The number of nitrogens with zero attached hydrogens (tertiary/aromatic N) is 2. The van der Waals surface area contributed by atoms with Gasteiger partial charge in [0.15, 0.2) is 6.61 Å². The van der Waals surface area contributed by atoms with Crippen LogP contribution in [-0.2, 0) is 14.3 Å². The van der Waals surface area contributed by atoms with Crippen LogP contribution in [-0.4, -0.2) is 42.7 Å². The Morgan fingerprint density at radius 2 is 1.85 bits per heavy atom. The fourth-order valence-corrected chi connectivity index (χ4v) is 2.61. The second-order valence-corrected chi connectivity index (χ2v) is 5.91. The van der Waals surface area contributed by atoms with E-state index in [4.69, 9.17) is 21.1 Å². The number of halogens is 1. The van der Waals surface area contributed by atoms with Crippen LogP contribution >= 0.6 is 11.6 Å². The minimum atomic E-state index is -1.40. The highest BCUT2D eigenvalue weighted by atomic mass is 35.5. The summed E-state index contributed by atoms with van der Waals surface area (Å²) in [7, 11) is 1.32. The number of para-hydroxylation sites is 1. The summed E-state index contributed by atoms with van der Waals surface area (Å²) in [5, 5.41) is 0.384. The van der Waals surface area contributed by atoms with Crippen molar-refractivity contribution in [3.63, 3.8) is 0 Å². The van der Waals surface area contributed by atoms with Gasteiger partial charge in [0, 0.05) is 12.1 Å². The van der Waals surface area contributed by atoms with Crippen molar-refractivity contribution in [3.8, 4) is 5.75 Å². The number of rotatable bonds is 5. The van der Waals surface area contributed by atoms with Crippen LogP contribution in [0.1, 0.15) is 0 Å². The summed E-state index contributed by atoms with van der Waals surface area (Å²) < 4.78 is 10.5. The molecule has 0 radical (unpaired) electrons. The molecule has 2 aromatic carbocycles. The van der Waals surface area contributed by atoms with E-state index in [1.165, 1.54) is 13.1 Å². The van der Waals surface area contributed by atoms with E-state index in [9.17, 15) is 14.4 Å². The second kappa shape index (κ2) is 7.45. The number of esters is 1. The number of hydrogen-bond donors (Lipinski definition) is 0. The van der Waals surface area contributed by atoms with E-state index >= 15 is 0 Å². The second-order valence-electron chi connectivity index (χ2n) is 5.47. The first-order valence-corrected chi connectivity index (χ1v) is 8.09. The monoisotopic (exact) mass is 374 g/mol. The van der Waals surface area contributed by atoms with Crippen LogP contribution in [0.3, 0.4) is 0 Å². The maximum atomic E-state index is 12.4. The van der Waals surface area contributed by atoms with Gasteiger partial charge in [-0.3, -0.25) is 9.69 Å². The number of carbonyl (C=O) groups excluding carboxylic acids is 3. The number of likely N-dealkylation sites (N-methyl/N-ethyl adjacent to an activating group) is 1. The first-order chi connectivity index (χ1) is 12.5. The van der Waals surface area contributed by atoms with Gasteiger partial charge in [0.2, 0.25) is 0 Å². The topological polar surface area (TPSA) is 76.2 Å². The molecule has 0 aliphatic carbocycles. The molecule has 1 saturated heterocycles. The van der Waals surface area contributed by atoms with E-state index < -0.39 is 30.7 Å². The molecule has 3 rings (SSSR count). The third-order valence-corrected chi connectivity index (χ3v) is 3.93. The number of anilines is 1. The molecule has 1 aliphatic rings. The predicted molar refractivity (Wildman–Crippen MR) is 93.9 cm³/mol. The smallest absolute Gasteiger partial charge is 0.346 e. The normalized spacial score (nSPS) is 16.8. The van der Waals surface area contributed by atoms with E-state index in [2.05, 4.69) is 0 Å². The van der Waals surface area contributed by atoms with Gasteiger partial charge >= 0.3 is 12.0 Å². The molecule has 0 saturated carbocycles. The van der Waals surface area contributed by atoms with Crippen LogP contribution in [0.2, 0.25) is 5.02 Å². The van der Waals surface area contributed by atoms with Crippen LogP contribution in [0, 0.1) is 0 Å². The highest BCUT2D eigenvalue weighted by Crippen LogP contribution is 2.28. The summed E-state index contributed by atoms with van der Waals surface area (Å²) in [5.74, 6) is -0.938. The van der Waals surface area contributed by atoms with Crippen molar-refractivity contribution < 1.29 is 23.9 Å². The molecule has 3 amide bonds. The molecule has 7 nitrogen and oxygen atoms in total. The zero-order chi connectivity index (χ0) is 18.7. The van der Waals surface area contributed by atoms with Crippen LogP contribution in [0.4, 0.5) is 10.5 Å². The lowest BCUT2D eigenvalue weighted by Crippen LogP contribution is -2.39. The lowest BCUT2D eigenvalue weighted by Gasteiger charge is -2.21. The Morgan fingerprint density at radius 1 is 1.12 bits per heavy atom. The van der Waals surface area contributed by atoms with Gasteiger partial charge in [-0.25, -0.2) is 14.5 Å². The average molecular weight is 375 g/mol. The summed E-state index contributed by atoms with van der Waals surface area (Å²) in [6.07, 6.45) is -1.40. The number of benzene rings is 2. The van der Waals surface area contributed by atoms with Crippen LogP contribution in [0.25, 0.3) is 0 Å². The van der Waals surface area contributed by atoms with Gasteiger partial charge in [0.25, 0.3) is 12.1 Å². The van der Waals surface area contributed by atoms with E-state index in [-0.39, 0.29) is 0 Å². The third-order valence-electron chi connectivity index (χ3n) is 3.70. The summed E-state index contributed by atoms with van der Waals surface area (Å²) in [5.41, 5.74) is 0.349. The lowest BCUT2D eigenvalue weighted by molar-refractivity contribution is -0.157. The Kier molecular flexibility index (Phi) is 5.09. The van der Waals surface area contributed by atoms with Gasteiger partial charge in [0.1, 0.15) is 5.75 Å². The lowest BCUT2D eigenvalue weighted by atomic mass is 10.3. The van der Waals surface area contributed by atoms with Crippen LogP contribution in [0.15, 0.2) is 54.6 Å². The van der Waals surface area contributed by atoms with Crippen molar-refractivity contribution >= 4 is 35.2 Å². The Balaban J connectivity index is 1.74. The van der Waals surface area contributed by atoms with Gasteiger partial charge in [-0.2, -0.15) is 0 Å². The van der Waals surface area contributed by atoms with E-state index in [0.717, 1.165) is 9.80 Å². The summed E-state index contributed by atoms with van der Waals surface area (Å²) in [4.78, 5) is 38.7. The number of hydrogen-bond acceptors (Lipinski definition) is 5. The van der Waals surface area contributed by atoms with Gasteiger partial charge in [-0.1, -0.05) is 35.9 Å². The molecule has 1 aliphatic heterocycles. The third kappa shape index (κ3) is 3.62. The molecule has 1 fully saturated rings. The molecule has 134 valence electrons. The highest BCUT2D eigenvalue weighted by molar-refractivity contribution is 6.31. The molecule has 8 heteroatoms. The van der Waals surface area contributed by atoms with Crippen molar-refractivity contribution in [2.75, 3.05) is 18.6 Å². The fourth-order valence-electron chi connectivity index (χ4n) is 2.42. The molecule has 0 aromatic heterocycles. The molecule has 1 heterocycles. The molecule has 2 aromatic rings. The molecule has 0 bridgehead atoms. The molecule has 0 spiro atoms. The first-order valence-electron chi connectivity index (χ1n) is 7.71. The number of urea groups is 1. The number of ether oxygens (including phenoxy) is 2. The maximum absolute atomic E-state index is 12.4. The molecule has 1 atom stereocenters. The number of imide groups is 1. The van der Waals surface area contributed by atoms with Gasteiger partial charge in [-0.05, 0) is 30.3 Å². The minimum absolute atomic E-state index is 0.349.